The van der Waals surface area contributed by atoms with Gasteiger partial charge in [0, 0.05) is 28.7 Å². The third-order valence-electron chi connectivity index (χ3n) is 5.54. The Balaban J connectivity index is 1.34. The van der Waals surface area contributed by atoms with E-state index >= 15 is 0 Å². The van der Waals surface area contributed by atoms with Crippen molar-refractivity contribution in [2.45, 2.75) is 40.0 Å². The van der Waals surface area contributed by atoms with Gasteiger partial charge in [0.05, 0.1) is 0 Å². The van der Waals surface area contributed by atoms with Crippen LogP contribution in [0.15, 0.2) is 65.1 Å². The quantitative estimate of drug-likeness (QED) is 0.281. The summed E-state index contributed by atoms with van der Waals surface area (Å²) in [5, 5.41) is 5.54. The monoisotopic (exact) mass is 552 g/mol. The summed E-state index contributed by atoms with van der Waals surface area (Å²) >= 11 is 3.45. The Morgan fingerprint density at radius 2 is 1.39 bits per heavy atom. The number of aryl methyl sites for hydroxylation is 1. The average Bonchev–Trinajstić information content (AvgIpc) is 2.86. The maximum atomic E-state index is 12.2. The molecule has 36 heavy (non-hydrogen) atoms. The molecule has 0 unspecified atom stereocenters. The van der Waals surface area contributed by atoms with Gasteiger partial charge < -0.3 is 20.1 Å². The molecule has 0 aliphatic carbocycles. The number of nitrogens with one attached hydrogen (secondary N) is 2. The summed E-state index contributed by atoms with van der Waals surface area (Å²) in [7, 11) is 0. The Morgan fingerprint density at radius 1 is 0.750 bits per heavy atom. The molecular formula is C28H29BrN2O5. The molecular weight excluding hydrogens is 524 g/mol. The van der Waals surface area contributed by atoms with Gasteiger partial charge in [-0.2, -0.15) is 0 Å². The second-order valence-electron chi connectivity index (χ2n) is 8.40. The number of carbonyl (C=O) groups excluding carboxylic acids is 3. The first-order valence-electron chi connectivity index (χ1n) is 11.6. The van der Waals surface area contributed by atoms with Gasteiger partial charge in [-0.15, -0.1) is 0 Å². The van der Waals surface area contributed by atoms with Gasteiger partial charge in [-0.05, 0) is 86.8 Å². The molecule has 3 aromatic rings. The lowest BCUT2D eigenvalue weighted by Crippen LogP contribution is -2.21. The molecule has 0 atom stereocenters. The van der Waals surface area contributed by atoms with E-state index in [2.05, 4.69) is 26.6 Å². The smallest absolute Gasteiger partial charge is 0.306 e. The zero-order chi connectivity index (χ0) is 26.1. The van der Waals surface area contributed by atoms with E-state index in [-0.39, 0.29) is 25.4 Å². The van der Waals surface area contributed by atoms with Crippen molar-refractivity contribution in [3.05, 3.63) is 81.8 Å². The molecule has 0 aliphatic heterocycles. The molecule has 8 heteroatoms. The van der Waals surface area contributed by atoms with Crippen molar-refractivity contribution in [2.24, 2.45) is 0 Å². The highest BCUT2D eigenvalue weighted by atomic mass is 79.9. The van der Waals surface area contributed by atoms with Crippen LogP contribution >= 0.6 is 15.9 Å². The molecule has 0 aliphatic rings. The SMILES string of the molecule is Cc1ccc(Oc2ccc(NC(=O)CCCC(=O)OCC(=O)Nc3ccc(Br)c(C)c3C)cc2)cc1. The number of benzene rings is 3. The molecule has 188 valence electrons. The predicted octanol–water partition coefficient (Wildman–Crippen LogP) is 6.46. The standard InChI is InChI=1S/C28H29BrN2O5/c1-18-7-11-22(12-8-18)36-23-13-9-21(10-14-23)30-26(32)5-4-6-28(34)35-17-27(33)31-25-16-15-24(29)19(2)20(25)3/h7-16H,4-6,17H2,1-3H3,(H,30,32)(H,31,33). The molecule has 0 bridgehead atoms. The Morgan fingerprint density at radius 3 is 2.06 bits per heavy atom. The zero-order valence-electron chi connectivity index (χ0n) is 20.5. The Hall–Kier alpha value is -3.65. The molecule has 2 N–H and O–H groups in total. The van der Waals surface area contributed by atoms with E-state index in [1.165, 1.54) is 0 Å². The first kappa shape index (κ1) is 26.9. The Bertz CT molecular complexity index is 1220. The minimum atomic E-state index is -0.528. The first-order valence-corrected chi connectivity index (χ1v) is 12.4. The van der Waals surface area contributed by atoms with Gasteiger partial charge in [0.25, 0.3) is 5.91 Å². The minimum absolute atomic E-state index is 0.0421. The van der Waals surface area contributed by atoms with Crippen molar-refractivity contribution < 1.29 is 23.9 Å². The number of ether oxygens (including phenoxy) is 2. The van der Waals surface area contributed by atoms with Crippen molar-refractivity contribution >= 4 is 45.1 Å². The summed E-state index contributed by atoms with van der Waals surface area (Å²) in [6, 6.07) is 18.4. The topological polar surface area (TPSA) is 93.7 Å². The van der Waals surface area contributed by atoms with Crippen LogP contribution in [0.1, 0.15) is 36.0 Å². The number of rotatable bonds is 10. The number of anilines is 2. The van der Waals surface area contributed by atoms with Gasteiger partial charge in [0.1, 0.15) is 11.5 Å². The molecule has 0 fully saturated rings. The summed E-state index contributed by atoms with van der Waals surface area (Å²) in [6.45, 7) is 5.48. The molecule has 0 saturated heterocycles. The molecule has 0 radical (unpaired) electrons. The summed E-state index contributed by atoms with van der Waals surface area (Å²) in [5.41, 5.74) is 4.41. The van der Waals surface area contributed by atoms with Gasteiger partial charge in [-0.3, -0.25) is 14.4 Å². The second kappa shape index (κ2) is 12.9. The van der Waals surface area contributed by atoms with Crippen LogP contribution in [0.3, 0.4) is 0 Å². The van der Waals surface area contributed by atoms with Crippen molar-refractivity contribution in [3.8, 4) is 11.5 Å². The van der Waals surface area contributed by atoms with Crippen LogP contribution in [0.4, 0.5) is 11.4 Å². The number of esters is 1. The summed E-state index contributed by atoms with van der Waals surface area (Å²) in [6.07, 6.45) is 0.507. The van der Waals surface area contributed by atoms with E-state index < -0.39 is 11.9 Å². The summed E-state index contributed by atoms with van der Waals surface area (Å²) in [4.78, 5) is 36.3. The number of carbonyl (C=O) groups is 3. The fourth-order valence-corrected chi connectivity index (χ4v) is 3.72. The number of amides is 2. The van der Waals surface area contributed by atoms with Crippen LogP contribution in [0, 0.1) is 20.8 Å². The fourth-order valence-electron chi connectivity index (χ4n) is 3.29. The third-order valence-corrected chi connectivity index (χ3v) is 6.40. The lowest BCUT2D eigenvalue weighted by atomic mass is 10.1. The third kappa shape index (κ3) is 8.23. The van der Waals surface area contributed by atoms with E-state index in [0.29, 0.717) is 23.5 Å². The number of hydrogen-bond donors (Lipinski definition) is 2. The lowest BCUT2D eigenvalue weighted by molar-refractivity contribution is -0.147. The zero-order valence-corrected chi connectivity index (χ0v) is 22.1. The minimum Gasteiger partial charge on any atom is -0.457 e. The van der Waals surface area contributed by atoms with Gasteiger partial charge in [-0.25, -0.2) is 0 Å². The van der Waals surface area contributed by atoms with Crippen molar-refractivity contribution in [1.29, 1.82) is 0 Å². The van der Waals surface area contributed by atoms with E-state index in [0.717, 1.165) is 26.9 Å². The predicted molar refractivity (Wildman–Crippen MR) is 143 cm³/mol. The highest BCUT2D eigenvalue weighted by Crippen LogP contribution is 2.26. The van der Waals surface area contributed by atoms with Crippen molar-refractivity contribution in [1.82, 2.24) is 0 Å². The second-order valence-corrected chi connectivity index (χ2v) is 9.25. The molecule has 7 nitrogen and oxygen atoms in total. The molecule has 0 heterocycles. The van der Waals surface area contributed by atoms with Gasteiger partial charge >= 0.3 is 5.97 Å². The molecule has 2 amide bonds. The maximum Gasteiger partial charge on any atom is 0.306 e. The molecule has 3 rings (SSSR count). The molecule has 3 aromatic carbocycles. The highest BCUT2D eigenvalue weighted by molar-refractivity contribution is 9.10. The van der Waals surface area contributed by atoms with Crippen molar-refractivity contribution in [3.63, 3.8) is 0 Å². The summed E-state index contributed by atoms with van der Waals surface area (Å²) < 4.78 is 11.8. The average molecular weight is 553 g/mol. The summed E-state index contributed by atoms with van der Waals surface area (Å²) in [5.74, 6) is 0.239. The van der Waals surface area contributed by atoms with Crippen LogP contribution in [-0.4, -0.2) is 24.4 Å². The fraction of sp³-hybridized carbons (Fsp3) is 0.250. The first-order chi connectivity index (χ1) is 17.2. The largest absolute Gasteiger partial charge is 0.457 e. The van der Waals surface area contributed by atoms with E-state index in [9.17, 15) is 14.4 Å². The maximum absolute atomic E-state index is 12.2. The van der Waals surface area contributed by atoms with Crippen molar-refractivity contribution in [2.75, 3.05) is 17.2 Å². The van der Waals surface area contributed by atoms with Gasteiger partial charge in [0.15, 0.2) is 6.61 Å². The number of hydrogen-bond acceptors (Lipinski definition) is 5. The van der Waals surface area contributed by atoms with Crippen LogP contribution in [-0.2, 0) is 19.1 Å². The van der Waals surface area contributed by atoms with E-state index in [1.54, 1.807) is 30.3 Å². The lowest BCUT2D eigenvalue weighted by Gasteiger charge is -2.12. The van der Waals surface area contributed by atoms with E-state index in [4.69, 9.17) is 9.47 Å². The van der Waals surface area contributed by atoms with Crippen LogP contribution < -0.4 is 15.4 Å². The van der Waals surface area contributed by atoms with E-state index in [1.807, 2.05) is 51.1 Å². The normalized spacial score (nSPS) is 10.4. The molecule has 0 spiro atoms. The highest BCUT2D eigenvalue weighted by Gasteiger charge is 2.12. The van der Waals surface area contributed by atoms with Crippen LogP contribution in [0.25, 0.3) is 0 Å². The van der Waals surface area contributed by atoms with Crippen LogP contribution in [0.5, 0.6) is 11.5 Å². The molecule has 0 aromatic heterocycles. The Kier molecular flexibility index (Phi) is 9.64. The van der Waals surface area contributed by atoms with Crippen LogP contribution in [0.2, 0.25) is 0 Å². The molecule has 0 saturated carbocycles. The number of halogens is 1. The van der Waals surface area contributed by atoms with Gasteiger partial charge in [0.2, 0.25) is 5.91 Å². The van der Waals surface area contributed by atoms with Gasteiger partial charge in [-0.1, -0.05) is 33.6 Å². The Labute approximate surface area is 219 Å².